The number of nitrogens with two attached hydrogens (primary N) is 1. The number of rotatable bonds is 3. The summed E-state index contributed by atoms with van der Waals surface area (Å²) >= 11 is 3.63. The van der Waals surface area contributed by atoms with Crippen molar-refractivity contribution in [1.82, 2.24) is 5.43 Å². The highest BCUT2D eigenvalue weighted by atomic mass is 79.9. The van der Waals surface area contributed by atoms with E-state index in [-0.39, 0.29) is 6.04 Å². The highest BCUT2D eigenvalue weighted by Crippen LogP contribution is 2.33. The van der Waals surface area contributed by atoms with Crippen LogP contribution in [0, 0.1) is 12.8 Å². The zero-order chi connectivity index (χ0) is 12.3. The molecule has 3 nitrogen and oxygen atoms in total. The maximum Gasteiger partial charge on any atom is 0.0501 e. The second-order valence-corrected chi connectivity index (χ2v) is 5.47. The molecule has 3 N–H and O–H groups in total. The van der Waals surface area contributed by atoms with Gasteiger partial charge in [-0.1, -0.05) is 28.1 Å². The first-order chi connectivity index (χ1) is 8.22. The van der Waals surface area contributed by atoms with E-state index in [9.17, 15) is 0 Å². The van der Waals surface area contributed by atoms with Gasteiger partial charge in [0.15, 0.2) is 0 Å². The Labute approximate surface area is 111 Å². The molecule has 0 aromatic heterocycles. The SMILES string of the molecule is Cc1ccc(C(NN)C2CCOCC2)c(Br)c1. The van der Waals surface area contributed by atoms with Gasteiger partial charge in [-0.25, -0.2) is 0 Å². The zero-order valence-corrected chi connectivity index (χ0v) is 11.7. The molecule has 1 saturated heterocycles. The van der Waals surface area contributed by atoms with E-state index >= 15 is 0 Å². The fraction of sp³-hybridized carbons (Fsp3) is 0.538. The fourth-order valence-electron chi connectivity index (χ4n) is 2.41. The van der Waals surface area contributed by atoms with Crippen LogP contribution in [0.2, 0.25) is 0 Å². The van der Waals surface area contributed by atoms with Crippen molar-refractivity contribution >= 4 is 15.9 Å². The molecule has 4 heteroatoms. The lowest BCUT2D eigenvalue weighted by Gasteiger charge is -2.30. The molecular weight excluding hydrogens is 280 g/mol. The predicted molar refractivity (Wildman–Crippen MR) is 72.5 cm³/mol. The zero-order valence-electron chi connectivity index (χ0n) is 10.1. The Kier molecular flexibility index (Phi) is 4.56. The predicted octanol–water partition coefficient (Wildman–Crippen LogP) is 2.69. The van der Waals surface area contributed by atoms with Gasteiger partial charge in [-0.15, -0.1) is 0 Å². The van der Waals surface area contributed by atoms with Crippen molar-refractivity contribution < 1.29 is 4.74 Å². The number of ether oxygens (including phenoxy) is 1. The van der Waals surface area contributed by atoms with Gasteiger partial charge in [0.2, 0.25) is 0 Å². The largest absolute Gasteiger partial charge is 0.381 e. The number of nitrogens with one attached hydrogen (secondary N) is 1. The van der Waals surface area contributed by atoms with E-state index in [1.165, 1.54) is 11.1 Å². The molecule has 1 fully saturated rings. The Morgan fingerprint density at radius 3 is 2.71 bits per heavy atom. The number of hydrogen-bond donors (Lipinski definition) is 2. The van der Waals surface area contributed by atoms with E-state index < -0.39 is 0 Å². The van der Waals surface area contributed by atoms with E-state index in [4.69, 9.17) is 10.6 Å². The minimum Gasteiger partial charge on any atom is -0.381 e. The molecular formula is C13H19BrN2O. The molecule has 1 aliphatic heterocycles. The summed E-state index contributed by atoms with van der Waals surface area (Å²) < 4.78 is 6.53. The quantitative estimate of drug-likeness (QED) is 0.666. The van der Waals surface area contributed by atoms with Crippen LogP contribution in [-0.2, 0) is 4.74 Å². The molecule has 17 heavy (non-hydrogen) atoms. The molecule has 1 aliphatic rings. The smallest absolute Gasteiger partial charge is 0.0501 e. The minimum absolute atomic E-state index is 0.203. The monoisotopic (exact) mass is 298 g/mol. The van der Waals surface area contributed by atoms with E-state index in [1.54, 1.807) is 0 Å². The molecule has 1 heterocycles. The van der Waals surface area contributed by atoms with Crippen LogP contribution in [0.1, 0.15) is 30.0 Å². The van der Waals surface area contributed by atoms with Crippen LogP contribution in [0.3, 0.4) is 0 Å². The third-order valence-electron chi connectivity index (χ3n) is 3.41. The molecule has 0 spiro atoms. The van der Waals surface area contributed by atoms with E-state index in [0.29, 0.717) is 5.92 Å². The van der Waals surface area contributed by atoms with Crippen LogP contribution >= 0.6 is 15.9 Å². The number of halogens is 1. The van der Waals surface area contributed by atoms with Crippen molar-refractivity contribution in [2.75, 3.05) is 13.2 Å². The van der Waals surface area contributed by atoms with Gasteiger partial charge < -0.3 is 4.74 Å². The van der Waals surface area contributed by atoms with Gasteiger partial charge in [-0.2, -0.15) is 0 Å². The lowest BCUT2D eigenvalue weighted by molar-refractivity contribution is 0.0535. The molecule has 0 aliphatic carbocycles. The highest BCUT2D eigenvalue weighted by Gasteiger charge is 2.25. The third-order valence-corrected chi connectivity index (χ3v) is 4.09. The van der Waals surface area contributed by atoms with E-state index in [0.717, 1.165) is 30.5 Å². The summed E-state index contributed by atoms with van der Waals surface area (Å²) in [5.41, 5.74) is 5.46. The summed E-state index contributed by atoms with van der Waals surface area (Å²) in [6.07, 6.45) is 2.13. The highest BCUT2D eigenvalue weighted by molar-refractivity contribution is 9.10. The standard InChI is InChI=1S/C13H19BrN2O/c1-9-2-3-11(12(14)8-9)13(16-15)10-4-6-17-7-5-10/h2-3,8,10,13,16H,4-7,15H2,1H3. The molecule has 1 aromatic carbocycles. The van der Waals surface area contributed by atoms with Crippen molar-refractivity contribution in [2.24, 2.45) is 11.8 Å². The first-order valence-corrected chi connectivity index (χ1v) is 6.81. The lowest BCUT2D eigenvalue weighted by atomic mass is 9.87. The Morgan fingerprint density at radius 2 is 2.12 bits per heavy atom. The maximum absolute atomic E-state index is 5.73. The van der Waals surface area contributed by atoms with E-state index in [1.807, 2.05) is 0 Å². The van der Waals surface area contributed by atoms with Crippen LogP contribution in [0.4, 0.5) is 0 Å². The van der Waals surface area contributed by atoms with Gasteiger partial charge in [-0.05, 0) is 42.9 Å². The Hall–Kier alpha value is -0.420. The molecule has 0 radical (unpaired) electrons. The first-order valence-electron chi connectivity index (χ1n) is 6.02. The van der Waals surface area contributed by atoms with Crippen LogP contribution in [-0.4, -0.2) is 13.2 Å². The molecule has 0 saturated carbocycles. The number of aryl methyl sites for hydroxylation is 1. The summed E-state index contributed by atoms with van der Waals surface area (Å²) in [6.45, 7) is 3.77. The number of hydrogen-bond acceptors (Lipinski definition) is 3. The minimum atomic E-state index is 0.203. The molecule has 2 rings (SSSR count). The molecule has 1 unspecified atom stereocenters. The van der Waals surface area contributed by atoms with Crippen LogP contribution in [0.15, 0.2) is 22.7 Å². The molecule has 1 aromatic rings. The fourth-order valence-corrected chi connectivity index (χ4v) is 3.15. The van der Waals surface area contributed by atoms with Gasteiger partial charge in [-0.3, -0.25) is 11.3 Å². The average Bonchev–Trinajstić information content (AvgIpc) is 2.34. The van der Waals surface area contributed by atoms with Crippen molar-refractivity contribution in [3.05, 3.63) is 33.8 Å². The maximum atomic E-state index is 5.73. The van der Waals surface area contributed by atoms with Gasteiger partial charge in [0.05, 0.1) is 6.04 Å². The van der Waals surface area contributed by atoms with Crippen molar-refractivity contribution in [2.45, 2.75) is 25.8 Å². The molecule has 94 valence electrons. The molecule has 0 amide bonds. The number of hydrazine groups is 1. The normalized spacial score (nSPS) is 19.2. The van der Waals surface area contributed by atoms with Crippen molar-refractivity contribution in [3.8, 4) is 0 Å². The summed E-state index contributed by atoms with van der Waals surface area (Å²) in [5, 5.41) is 0. The van der Waals surface area contributed by atoms with Gasteiger partial charge in [0.1, 0.15) is 0 Å². The lowest BCUT2D eigenvalue weighted by Crippen LogP contribution is -2.36. The summed E-state index contributed by atoms with van der Waals surface area (Å²) in [7, 11) is 0. The van der Waals surface area contributed by atoms with Crippen LogP contribution < -0.4 is 11.3 Å². The average molecular weight is 299 g/mol. The Balaban J connectivity index is 2.21. The van der Waals surface area contributed by atoms with Crippen LogP contribution in [0.25, 0.3) is 0 Å². The summed E-state index contributed by atoms with van der Waals surface area (Å²) in [4.78, 5) is 0. The first kappa shape index (κ1) is 13.0. The number of benzene rings is 1. The van der Waals surface area contributed by atoms with Crippen molar-refractivity contribution in [3.63, 3.8) is 0 Å². The van der Waals surface area contributed by atoms with Gasteiger partial charge in [0.25, 0.3) is 0 Å². The summed E-state index contributed by atoms with van der Waals surface area (Å²) in [6, 6.07) is 6.62. The van der Waals surface area contributed by atoms with Crippen molar-refractivity contribution in [1.29, 1.82) is 0 Å². The second-order valence-electron chi connectivity index (χ2n) is 4.62. The topological polar surface area (TPSA) is 47.3 Å². The second kappa shape index (κ2) is 5.96. The Morgan fingerprint density at radius 1 is 1.41 bits per heavy atom. The van der Waals surface area contributed by atoms with E-state index in [2.05, 4.69) is 46.5 Å². The Bertz CT molecular complexity index is 378. The van der Waals surface area contributed by atoms with Gasteiger partial charge in [0, 0.05) is 17.7 Å². The van der Waals surface area contributed by atoms with Crippen LogP contribution in [0.5, 0.6) is 0 Å². The molecule has 0 bridgehead atoms. The molecule has 1 atom stereocenters. The summed E-state index contributed by atoms with van der Waals surface area (Å²) in [5.74, 6) is 6.28. The van der Waals surface area contributed by atoms with Gasteiger partial charge >= 0.3 is 0 Å². The third kappa shape index (κ3) is 3.07.